The first kappa shape index (κ1) is 12.8. The summed E-state index contributed by atoms with van der Waals surface area (Å²) >= 11 is 0. The summed E-state index contributed by atoms with van der Waals surface area (Å²) in [6, 6.07) is 0.364. The molecule has 1 amide bonds. The van der Waals surface area contributed by atoms with Gasteiger partial charge in [0.15, 0.2) is 17.0 Å². The van der Waals surface area contributed by atoms with Crippen LogP contribution in [-0.4, -0.2) is 25.4 Å². The van der Waals surface area contributed by atoms with Crippen LogP contribution in [0.5, 0.6) is 0 Å². The first-order chi connectivity index (χ1) is 9.66. The quantitative estimate of drug-likeness (QED) is 0.869. The first-order valence-corrected chi connectivity index (χ1v) is 6.80. The molecule has 1 aliphatic rings. The van der Waals surface area contributed by atoms with E-state index in [2.05, 4.69) is 37.0 Å². The number of anilines is 1. The number of hydrogen-bond acceptors (Lipinski definition) is 4. The van der Waals surface area contributed by atoms with Gasteiger partial charge in [0.1, 0.15) is 6.33 Å². The molecule has 0 saturated carbocycles. The van der Waals surface area contributed by atoms with Gasteiger partial charge in [-0.05, 0) is 12.8 Å². The monoisotopic (exact) mass is 271 g/mol. The van der Waals surface area contributed by atoms with E-state index in [0.29, 0.717) is 17.4 Å². The van der Waals surface area contributed by atoms with Crippen molar-refractivity contribution in [3.05, 3.63) is 24.8 Å². The number of rotatable bonds is 3. The lowest BCUT2D eigenvalue weighted by Gasteiger charge is -2.12. The Labute approximate surface area is 116 Å². The van der Waals surface area contributed by atoms with Crippen molar-refractivity contribution >= 4 is 22.9 Å². The zero-order chi connectivity index (χ0) is 14.1. The van der Waals surface area contributed by atoms with Crippen molar-refractivity contribution in [3.8, 4) is 0 Å². The van der Waals surface area contributed by atoms with Crippen molar-refractivity contribution in [2.24, 2.45) is 5.92 Å². The molecule has 104 valence electrons. The third kappa shape index (κ3) is 2.17. The Morgan fingerprint density at radius 2 is 2.05 bits per heavy atom. The topological polar surface area (TPSA) is 72.7 Å². The van der Waals surface area contributed by atoms with Crippen LogP contribution in [0.2, 0.25) is 0 Å². The first-order valence-electron chi connectivity index (χ1n) is 6.80. The average Bonchev–Trinajstić information content (AvgIpc) is 3.07. The Kier molecular flexibility index (Phi) is 3.22. The Morgan fingerprint density at radius 1 is 1.30 bits per heavy atom. The van der Waals surface area contributed by atoms with E-state index in [4.69, 9.17) is 0 Å². The fraction of sp³-hybridized carbons (Fsp3) is 0.429. The van der Waals surface area contributed by atoms with Gasteiger partial charge >= 0.3 is 0 Å². The van der Waals surface area contributed by atoms with Crippen LogP contribution in [0.1, 0.15) is 32.7 Å². The molecule has 0 bridgehead atoms. The lowest BCUT2D eigenvalue weighted by Crippen LogP contribution is -2.19. The largest absolute Gasteiger partial charge is 0.311 e. The van der Waals surface area contributed by atoms with Gasteiger partial charge in [-0.1, -0.05) is 26.0 Å². The van der Waals surface area contributed by atoms with E-state index in [0.717, 1.165) is 18.5 Å². The van der Waals surface area contributed by atoms with E-state index in [-0.39, 0.29) is 11.8 Å². The van der Waals surface area contributed by atoms with Crippen molar-refractivity contribution < 1.29 is 4.79 Å². The highest BCUT2D eigenvalue weighted by Crippen LogP contribution is 2.28. The van der Waals surface area contributed by atoms with Crippen molar-refractivity contribution in [1.29, 1.82) is 0 Å². The molecule has 2 aromatic rings. The summed E-state index contributed by atoms with van der Waals surface area (Å²) < 4.78 is 2.06. The highest BCUT2D eigenvalue weighted by atomic mass is 16.1. The van der Waals surface area contributed by atoms with E-state index in [1.807, 2.05) is 13.8 Å². The van der Waals surface area contributed by atoms with E-state index >= 15 is 0 Å². The number of fused-ring (bicyclic) bond motifs is 1. The summed E-state index contributed by atoms with van der Waals surface area (Å²) in [7, 11) is 0. The van der Waals surface area contributed by atoms with Crippen LogP contribution in [0.4, 0.5) is 5.82 Å². The minimum Gasteiger partial charge on any atom is -0.311 e. The smallest absolute Gasteiger partial charge is 0.228 e. The maximum Gasteiger partial charge on any atom is 0.228 e. The number of amides is 1. The van der Waals surface area contributed by atoms with Crippen LogP contribution in [-0.2, 0) is 4.79 Å². The van der Waals surface area contributed by atoms with Gasteiger partial charge in [0.25, 0.3) is 0 Å². The normalized spacial score (nSPS) is 15.3. The van der Waals surface area contributed by atoms with Gasteiger partial charge in [0.05, 0.1) is 6.33 Å². The molecule has 3 rings (SSSR count). The minimum atomic E-state index is -0.0962. The van der Waals surface area contributed by atoms with Crippen molar-refractivity contribution in [2.75, 3.05) is 5.32 Å². The summed E-state index contributed by atoms with van der Waals surface area (Å²) in [5.74, 6) is 0.321. The predicted octanol–water partition coefficient (Wildman–Crippen LogP) is 2.31. The van der Waals surface area contributed by atoms with Crippen LogP contribution in [0.3, 0.4) is 0 Å². The van der Waals surface area contributed by atoms with Crippen molar-refractivity contribution in [3.63, 3.8) is 0 Å². The highest BCUT2D eigenvalue weighted by Gasteiger charge is 2.19. The molecule has 2 heterocycles. The molecule has 0 radical (unpaired) electrons. The third-order valence-electron chi connectivity index (χ3n) is 3.50. The summed E-state index contributed by atoms with van der Waals surface area (Å²) in [6.45, 7) is 3.69. The second-order valence-electron chi connectivity index (χ2n) is 5.29. The maximum atomic E-state index is 11.8. The molecule has 1 aliphatic carbocycles. The van der Waals surface area contributed by atoms with E-state index in [1.54, 1.807) is 6.33 Å². The molecule has 0 unspecified atom stereocenters. The molecule has 6 nitrogen and oxygen atoms in total. The number of aromatic nitrogens is 4. The molecule has 0 aromatic carbocycles. The second-order valence-corrected chi connectivity index (χ2v) is 5.29. The lowest BCUT2D eigenvalue weighted by molar-refractivity contribution is -0.118. The molecule has 0 aliphatic heterocycles. The number of carbonyl (C=O) groups is 1. The number of nitrogens with one attached hydrogen (secondary N) is 1. The summed E-state index contributed by atoms with van der Waals surface area (Å²) in [4.78, 5) is 24.6. The van der Waals surface area contributed by atoms with Crippen LogP contribution in [0, 0.1) is 5.92 Å². The molecule has 0 spiro atoms. The molecule has 0 fully saturated rings. The van der Waals surface area contributed by atoms with Crippen LogP contribution in [0.25, 0.3) is 11.2 Å². The number of hydrogen-bond donors (Lipinski definition) is 1. The van der Waals surface area contributed by atoms with Gasteiger partial charge in [-0.2, -0.15) is 0 Å². The van der Waals surface area contributed by atoms with E-state index in [1.165, 1.54) is 6.33 Å². The summed E-state index contributed by atoms with van der Waals surface area (Å²) in [6.07, 6.45) is 9.56. The van der Waals surface area contributed by atoms with E-state index < -0.39 is 0 Å². The Balaban J connectivity index is 1.97. The average molecular weight is 271 g/mol. The van der Waals surface area contributed by atoms with E-state index in [9.17, 15) is 4.79 Å². The van der Waals surface area contributed by atoms with Crippen LogP contribution < -0.4 is 5.32 Å². The van der Waals surface area contributed by atoms with Gasteiger partial charge < -0.3 is 9.88 Å². The second kappa shape index (κ2) is 5.03. The van der Waals surface area contributed by atoms with Gasteiger partial charge in [-0.15, -0.1) is 0 Å². The van der Waals surface area contributed by atoms with Crippen molar-refractivity contribution in [2.45, 2.75) is 32.7 Å². The van der Waals surface area contributed by atoms with Gasteiger partial charge in [-0.3, -0.25) is 4.79 Å². The molecular formula is C14H17N5O. The maximum absolute atomic E-state index is 11.8. The van der Waals surface area contributed by atoms with Crippen LogP contribution in [0.15, 0.2) is 24.8 Å². The molecule has 2 aromatic heterocycles. The predicted molar refractivity (Wildman–Crippen MR) is 76.2 cm³/mol. The van der Waals surface area contributed by atoms with Gasteiger partial charge in [0, 0.05) is 12.0 Å². The number of nitrogens with zero attached hydrogens (tertiary/aromatic N) is 4. The fourth-order valence-corrected chi connectivity index (χ4v) is 2.30. The fourth-order valence-electron chi connectivity index (χ4n) is 2.30. The Hall–Kier alpha value is -2.24. The molecule has 0 atom stereocenters. The Morgan fingerprint density at radius 3 is 2.75 bits per heavy atom. The molecule has 20 heavy (non-hydrogen) atoms. The molecule has 1 N–H and O–H groups in total. The Bertz CT molecular complexity index is 665. The van der Waals surface area contributed by atoms with Gasteiger partial charge in [-0.25, -0.2) is 15.0 Å². The third-order valence-corrected chi connectivity index (χ3v) is 3.50. The van der Waals surface area contributed by atoms with Crippen molar-refractivity contribution in [1.82, 2.24) is 19.5 Å². The molecule has 0 saturated heterocycles. The zero-order valence-corrected chi connectivity index (χ0v) is 11.6. The number of carbonyl (C=O) groups excluding carboxylic acids is 1. The molecular weight excluding hydrogens is 254 g/mol. The lowest BCUT2D eigenvalue weighted by atomic mass is 10.2. The summed E-state index contributed by atoms with van der Waals surface area (Å²) in [5.41, 5.74) is 1.42. The minimum absolute atomic E-state index is 0.0675. The van der Waals surface area contributed by atoms with Crippen LogP contribution >= 0.6 is 0 Å². The summed E-state index contributed by atoms with van der Waals surface area (Å²) in [5, 5.41) is 2.81. The highest BCUT2D eigenvalue weighted by molar-refractivity contribution is 5.97. The number of allylic oxidation sites excluding steroid dienone is 2. The van der Waals surface area contributed by atoms with Gasteiger partial charge in [0.2, 0.25) is 5.91 Å². The zero-order valence-electron chi connectivity index (χ0n) is 11.6. The molecule has 6 heteroatoms. The SMILES string of the molecule is CC(C)C(=O)Nc1ncnc2c1ncn2C1CC=CC1. The standard InChI is InChI=1S/C14H17N5O/c1-9(2)14(20)18-12-11-13(16-7-15-12)19(8-17-11)10-5-3-4-6-10/h3-4,7-10H,5-6H2,1-2H3,(H,15,16,18,20). The number of imidazole rings is 1.